The van der Waals surface area contributed by atoms with Gasteiger partial charge >= 0.3 is 5.97 Å². The zero-order valence-corrected chi connectivity index (χ0v) is 14.1. The average molecular weight is 351 g/mol. The molecule has 0 bridgehead atoms. The number of hydrogen-bond acceptors (Lipinski definition) is 3. The monoisotopic (exact) mass is 351 g/mol. The van der Waals surface area contributed by atoms with Gasteiger partial charge in [-0.2, -0.15) is 5.10 Å². The second-order valence-corrected chi connectivity index (χ2v) is 6.33. The van der Waals surface area contributed by atoms with Crippen molar-refractivity contribution in [2.24, 2.45) is 0 Å². The first-order valence-corrected chi connectivity index (χ1v) is 8.59. The topological polar surface area (TPSA) is 67.1 Å². The van der Waals surface area contributed by atoms with E-state index in [2.05, 4.69) is 5.32 Å². The minimum atomic E-state index is -0.964. The van der Waals surface area contributed by atoms with E-state index in [0.29, 0.717) is 0 Å². The van der Waals surface area contributed by atoms with Gasteiger partial charge in [-0.3, -0.25) is 0 Å². The lowest BCUT2D eigenvalue weighted by molar-refractivity contribution is 0.0697. The summed E-state index contributed by atoms with van der Waals surface area (Å²) in [7, 11) is 0. The summed E-state index contributed by atoms with van der Waals surface area (Å²) in [5, 5.41) is 17.2. The number of fused-ring (bicyclic) bond motifs is 1. The van der Waals surface area contributed by atoms with Crippen molar-refractivity contribution in [2.45, 2.75) is 19.3 Å². The van der Waals surface area contributed by atoms with E-state index in [9.17, 15) is 9.18 Å². The summed E-state index contributed by atoms with van der Waals surface area (Å²) in [6, 6.07) is 13.0. The van der Waals surface area contributed by atoms with Crippen molar-refractivity contribution >= 4 is 11.8 Å². The van der Waals surface area contributed by atoms with Crippen LogP contribution in [-0.4, -0.2) is 27.4 Å². The second-order valence-electron chi connectivity index (χ2n) is 6.33. The number of rotatable bonds is 3. The van der Waals surface area contributed by atoms with Crippen molar-refractivity contribution < 1.29 is 14.3 Å². The number of carboxylic acids is 1. The predicted molar refractivity (Wildman–Crippen MR) is 97.3 cm³/mol. The highest BCUT2D eigenvalue weighted by molar-refractivity contribution is 5.87. The van der Waals surface area contributed by atoms with E-state index < -0.39 is 5.97 Å². The molecule has 1 aliphatic rings. The molecule has 4 rings (SSSR count). The lowest BCUT2D eigenvalue weighted by atomic mass is 10.0. The van der Waals surface area contributed by atoms with Crippen LogP contribution in [0.25, 0.3) is 16.9 Å². The fourth-order valence-electron chi connectivity index (χ4n) is 3.30. The van der Waals surface area contributed by atoms with Gasteiger partial charge in [-0.25, -0.2) is 13.9 Å². The van der Waals surface area contributed by atoms with Crippen LogP contribution in [0, 0.1) is 5.82 Å². The molecule has 0 radical (unpaired) electrons. The summed E-state index contributed by atoms with van der Waals surface area (Å²) in [5.74, 6) is -0.363. The zero-order valence-electron chi connectivity index (χ0n) is 14.1. The molecule has 26 heavy (non-hydrogen) atoms. The molecule has 0 saturated carbocycles. The number of carbonyl (C=O) groups is 1. The smallest absolute Gasteiger partial charge is 0.335 e. The zero-order chi connectivity index (χ0) is 18.1. The Kier molecular flexibility index (Phi) is 4.16. The average Bonchev–Trinajstić information content (AvgIpc) is 2.83. The highest BCUT2D eigenvalue weighted by Crippen LogP contribution is 2.34. The minimum absolute atomic E-state index is 0.227. The molecule has 0 saturated heterocycles. The number of aromatic carboxylic acids is 1. The number of hydrogen-bond donors (Lipinski definition) is 2. The Labute approximate surface area is 150 Å². The minimum Gasteiger partial charge on any atom is -0.478 e. The van der Waals surface area contributed by atoms with Crippen LogP contribution in [0.4, 0.5) is 10.2 Å². The quantitative estimate of drug-likeness (QED) is 0.745. The molecule has 2 heterocycles. The van der Waals surface area contributed by atoms with Crippen molar-refractivity contribution in [1.29, 1.82) is 0 Å². The maximum Gasteiger partial charge on any atom is 0.335 e. The lowest BCUT2D eigenvalue weighted by Gasteiger charge is -2.09. The van der Waals surface area contributed by atoms with Crippen LogP contribution >= 0.6 is 0 Å². The first kappa shape index (κ1) is 16.3. The molecule has 1 aromatic heterocycles. The van der Waals surface area contributed by atoms with E-state index in [4.69, 9.17) is 10.2 Å². The highest BCUT2D eigenvalue weighted by atomic mass is 19.1. The van der Waals surface area contributed by atoms with Gasteiger partial charge in [0.05, 0.1) is 16.9 Å². The number of aromatic nitrogens is 2. The van der Waals surface area contributed by atoms with Gasteiger partial charge in [0.1, 0.15) is 11.6 Å². The SMILES string of the molecule is O=C(O)c1ccc(-n2nc(-c3cccc(F)c3)c3c2NCCCC3)cc1. The van der Waals surface area contributed by atoms with E-state index in [-0.39, 0.29) is 11.4 Å². The Hall–Kier alpha value is -3.15. The van der Waals surface area contributed by atoms with Crippen LogP contribution in [0.15, 0.2) is 48.5 Å². The fraction of sp³-hybridized carbons (Fsp3) is 0.200. The third-order valence-electron chi connectivity index (χ3n) is 4.59. The van der Waals surface area contributed by atoms with E-state index in [1.54, 1.807) is 35.0 Å². The summed E-state index contributed by atoms with van der Waals surface area (Å²) < 4.78 is 15.5. The maximum absolute atomic E-state index is 13.7. The van der Waals surface area contributed by atoms with Gasteiger partial charge in [-0.15, -0.1) is 0 Å². The van der Waals surface area contributed by atoms with Gasteiger partial charge < -0.3 is 10.4 Å². The Balaban J connectivity index is 1.86. The number of benzene rings is 2. The number of anilines is 1. The molecule has 2 aromatic carbocycles. The molecule has 0 aliphatic carbocycles. The second kappa shape index (κ2) is 6.63. The molecule has 5 nitrogen and oxygen atoms in total. The van der Waals surface area contributed by atoms with Crippen LogP contribution in [-0.2, 0) is 6.42 Å². The van der Waals surface area contributed by atoms with Gasteiger partial charge in [0.15, 0.2) is 0 Å². The summed E-state index contributed by atoms with van der Waals surface area (Å²) in [6.07, 6.45) is 2.95. The van der Waals surface area contributed by atoms with E-state index >= 15 is 0 Å². The fourth-order valence-corrected chi connectivity index (χ4v) is 3.30. The van der Waals surface area contributed by atoms with Gasteiger partial charge in [0.2, 0.25) is 0 Å². The van der Waals surface area contributed by atoms with Crippen molar-refractivity contribution in [2.75, 3.05) is 11.9 Å². The molecule has 132 valence electrons. The number of nitrogens with one attached hydrogen (secondary N) is 1. The molecule has 0 atom stereocenters. The largest absolute Gasteiger partial charge is 0.478 e. The molecular weight excluding hydrogens is 333 g/mol. The number of halogens is 1. The Morgan fingerprint density at radius 1 is 1.15 bits per heavy atom. The highest BCUT2D eigenvalue weighted by Gasteiger charge is 2.22. The van der Waals surface area contributed by atoms with Crippen LogP contribution in [0.3, 0.4) is 0 Å². The molecule has 6 heteroatoms. The Bertz CT molecular complexity index is 964. The first-order valence-electron chi connectivity index (χ1n) is 8.59. The maximum atomic E-state index is 13.7. The van der Waals surface area contributed by atoms with Gasteiger partial charge in [-0.05, 0) is 55.7 Å². The van der Waals surface area contributed by atoms with Crippen LogP contribution in [0.2, 0.25) is 0 Å². The van der Waals surface area contributed by atoms with E-state index in [1.165, 1.54) is 12.1 Å². The molecular formula is C20H18FN3O2. The molecule has 0 spiro atoms. The van der Waals surface area contributed by atoms with Crippen LogP contribution in [0.5, 0.6) is 0 Å². The Morgan fingerprint density at radius 2 is 1.96 bits per heavy atom. The summed E-state index contributed by atoms with van der Waals surface area (Å²) >= 11 is 0. The number of carboxylic acid groups (broad SMARTS) is 1. The molecule has 0 unspecified atom stereocenters. The molecule has 0 fully saturated rings. The van der Waals surface area contributed by atoms with E-state index in [0.717, 1.165) is 54.1 Å². The number of nitrogens with zero attached hydrogens (tertiary/aromatic N) is 2. The lowest BCUT2D eigenvalue weighted by Crippen LogP contribution is -2.07. The summed E-state index contributed by atoms with van der Waals surface area (Å²) in [6.45, 7) is 0.842. The van der Waals surface area contributed by atoms with E-state index in [1.807, 2.05) is 6.07 Å². The van der Waals surface area contributed by atoms with Gasteiger partial charge in [-0.1, -0.05) is 12.1 Å². The van der Waals surface area contributed by atoms with Crippen LogP contribution in [0.1, 0.15) is 28.8 Å². The van der Waals surface area contributed by atoms with Crippen molar-refractivity contribution in [3.63, 3.8) is 0 Å². The molecule has 2 N–H and O–H groups in total. The third kappa shape index (κ3) is 2.94. The molecule has 3 aromatic rings. The van der Waals surface area contributed by atoms with Crippen molar-refractivity contribution in [3.05, 3.63) is 65.5 Å². The normalized spacial score (nSPS) is 13.6. The van der Waals surface area contributed by atoms with Crippen molar-refractivity contribution in [3.8, 4) is 16.9 Å². The van der Waals surface area contributed by atoms with Gasteiger partial charge in [0.25, 0.3) is 0 Å². The molecule has 0 amide bonds. The van der Waals surface area contributed by atoms with Crippen LogP contribution < -0.4 is 5.32 Å². The predicted octanol–water partition coefficient (Wildman–Crippen LogP) is 4.12. The molecule has 1 aliphatic heterocycles. The summed E-state index contributed by atoms with van der Waals surface area (Å²) in [4.78, 5) is 11.1. The first-order chi connectivity index (χ1) is 12.6. The standard InChI is InChI=1S/C20H18FN3O2/c21-15-5-3-4-14(12-15)18-17-6-1-2-11-22-19(17)24(23-18)16-9-7-13(8-10-16)20(25)26/h3-5,7-10,12,22H,1-2,6,11H2,(H,25,26). The third-order valence-corrected chi connectivity index (χ3v) is 4.59. The summed E-state index contributed by atoms with van der Waals surface area (Å²) in [5.41, 5.74) is 3.56. The Morgan fingerprint density at radius 3 is 2.69 bits per heavy atom. The van der Waals surface area contributed by atoms with Gasteiger partial charge in [0, 0.05) is 17.7 Å². The van der Waals surface area contributed by atoms with Crippen molar-refractivity contribution in [1.82, 2.24) is 9.78 Å².